The second kappa shape index (κ2) is 3.66. The molecule has 1 aromatic heterocycles. The molecule has 0 fully saturated rings. The summed E-state index contributed by atoms with van der Waals surface area (Å²) >= 11 is 6.34. The zero-order valence-electron chi connectivity index (χ0n) is 5.33. The molecule has 1 rings (SSSR count). The van der Waals surface area contributed by atoms with E-state index in [4.69, 9.17) is 10.0 Å². The predicted molar refractivity (Wildman–Crippen MR) is 49.5 cm³/mol. The molecule has 0 aliphatic heterocycles. The summed E-state index contributed by atoms with van der Waals surface area (Å²) in [5.74, 6) is 0. The maximum Gasteiger partial charge on any atom is 0.490 e. The Morgan fingerprint density at radius 2 is 2.00 bits per heavy atom. The van der Waals surface area contributed by atoms with Crippen molar-refractivity contribution in [1.82, 2.24) is 4.98 Å². The highest BCUT2D eigenvalue weighted by atomic mass is 79.9. The van der Waals surface area contributed by atoms with Crippen LogP contribution in [0.15, 0.2) is 21.3 Å². The maximum absolute atomic E-state index is 8.72. The largest absolute Gasteiger partial charge is 0.490 e. The lowest BCUT2D eigenvalue weighted by atomic mass is 9.82. The molecular weight excluding hydrogens is 277 g/mol. The molecule has 0 spiro atoms. The third kappa shape index (κ3) is 2.26. The lowest BCUT2D eigenvalue weighted by molar-refractivity contribution is 0.425. The van der Waals surface area contributed by atoms with Crippen molar-refractivity contribution >= 4 is 44.4 Å². The highest BCUT2D eigenvalue weighted by Gasteiger charge is 2.12. The average molecular weight is 281 g/mol. The van der Waals surface area contributed by atoms with E-state index in [1.54, 1.807) is 6.07 Å². The molecule has 0 radical (unpaired) electrons. The van der Waals surface area contributed by atoms with Crippen LogP contribution in [0, 0.1) is 0 Å². The van der Waals surface area contributed by atoms with Crippen LogP contribution in [0.2, 0.25) is 0 Å². The van der Waals surface area contributed by atoms with Crippen LogP contribution in [0.25, 0.3) is 0 Å². The summed E-state index contributed by atoms with van der Waals surface area (Å²) in [5.41, 5.74) is 0.361. The Hall–Kier alpha value is 0.0949. The van der Waals surface area contributed by atoms with Crippen molar-refractivity contribution in [3.63, 3.8) is 0 Å². The number of hydrogen-bond donors (Lipinski definition) is 2. The molecule has 1 heterocycles. The van der Waals surface area contributed by atoms with E-state index in [0.717, 1.165) is 0 Å². The van der Waals surface area contributed by atoms with E-state index in [1.807, 2.05) is 0 Å². The Morgan fingerprint density at radius 1 is 1.36 bits per heavy atom. The molecule has 0 amide bonds. The summed E-state index contributed by atoms with van der Waals surface area (Å²) in [6.45, 7) is 0. The van der Waals surface area contributed by atoms with Crippen molar-refractivity contribution in [1.29, 1.82) is 0 Å². The van der Waals surface area contributed by atoms with Gasteiger partial charge >= 0.3 is 7.12 Å². The molecule has 58 valence electrons. The first kappa shape index (κ1) is 9.19. The van der Waals surface area contributed by atoms with Crippen molar-refractivity contribution in [2.45, 2.75) is 0 Å². The third-order valence-corrected chi connectivity index (χ3v) is 2.88. The van der Waals surface area contributed by atoms with Crippen LogP contribution in [0.4, 0.5) is 0 Å². The van der Waals surface area contributed by atoms with E-state index < -0.39 is 7.12 Å². The van der Waals surface area contributed by atoms with Gasteiger partial charge < -0.3 is 10.0 Å². The molecule has 0 saturated carbocycles. The lowest BCUT2D eigenvalue weighted by Gasteiger charge is -1.99. The van der Waals surface area contributed by atoms with Crippen molar-refractivity contribution in [2.24, 2.45) is 0 Å². The van der Waals surface area contributed by atoms with Crippen LogP contribution in [0.5, 0.6) is 0 Å². The average Bonchev–Trinajstić information content (AvgIpc) is 1.94. The van der Waals surface area contributed by atoms with Crippen molar-refractivity contribution in [3.05, 3.63) is 21.3 Å². The minimum absolute atomic E-state index is 0.361. The van der Waals surface area contributed by atoms with Crippen molar-refractivity contribution < 1.29 is 10.0 Å². The number of pyridine rings is 1. The normalized spacial score (nSPS) is 9.82. The number of aromatic nitrogens is 1. The molecule has 11 heavy (non-hydrogen) atoms. The zero-order chi connectivity index (χ0) is 8.43. The molecule has 0 atom stereocenters. The summed E-state index contributed by atoms with van der Waals surface area (Å²) < 4.78 is 1.34. The first-order valence-electron chi connectivity index (χ1n) is 2.78. The van der Waals surface area contributed by atoms with E-state index in [0.29, 0.717) is 14.5 Å². The van der Waals surface area contributed by atoms with Gasteiger partial charge in [-0.1, -0.05) is 0 Å². The highest BCUT2D eigenvalue weighted by molar-refractivity contribution is 9.13. The number of nitrogens with zero attached hydrogens (tertiary/aromatic N) is 1. The van der Waals surface area contributed by atoms with Gasteiger partial charge in [0.05, 0.1) is 4.47 Å². The summed E-state index contributed by atoms with van der Waals surface area (Å²) in [6, 6.07) is 1.59. The SMILES string of the molecule is OB(O)c1cnc(Br)c(Br)c1. The molecule has 6 heteroatoms. The Kier molecular flexibility index (Phi) is 3.06. The Morgan fingerprint density at radius 3 is 2.45 bits per heavy atom. The van der Waals surface area contributed by atoms with E-state index >= 15 is 0 Å². The first-order chi connectivity index (χ1) is 5.11. The minimum atomic E-state index is -1.47. The van der Waals surface area contributed by atoms with Gasteiger partial charge in [0.2, 0.25) is 0 Å². The molecule has 1 aromatic rings. The van der Waals surface area contributed by atoms with Gasteiger partial charge in [-0.05, 0) is 37.9 Å². The Bertz CT molecular complexity index is 269. The molecular formula is C5H4BBr2NO2. The smallest absolute Gasteiger partial charge is 0.423 e. The summed E-state index contributed by atoms with van der Waals surface area (Å²) in [6.07, 6.45) is 1.39. The van der Waals surface area contributed by atoms with E-state index in [9.17, 15) is 0 Å². The summed E-state index contributed by atoms with van der Waals surface area (Å²) in [4.78, 5) is 3.85. The van der Waals surface area contributed by atoms with Gasteiger partial charge in [0.25, 0.3) is 0 Å². The zero-order valence-corrected chi connectivity index (χ0v) is 8.50. The maximum atomic E-state index is 8.72. The minimum Gasteiger partial charge on any atom is -0.423 e. The van der Waals surface area contributed by atoms with E-state index in [-0.39, 0.29) is 0 Å². The number of halogens is 2. The molecule has 0 aromatic carbocycles. The molecule has 0 aliphatic rings. The number of hydrogen-bond acceptors (Lipinski definition) is 3. The second-order valence-corrected chi connectivity index (χ2v) is 3.52. The van der Waals surface area contributed by atoms with Gasteiger partial charge in [-0.25, -0.2) is 4.98 Å². The van der Waals surface area contributed by atoms with Gasteiger partial charge in [0.1, 0.15) is 4.60 Å². The van der Waals surface area contributed by atoms with Gasteiger partial charge in [0, 0.05) is 11.7 Å². The molecule has 0 saturated heterocycles. The fourth-order valence-corrected chi connectivity index (χ4v) is 1.16. The predicted octanol–water partition coefficient (Wildman–Crippen LogP) is 0.286. The van der Waals surface area contributed by atoms with Crippen LogP contribution >= 0.6 is 31.9 Å². The van der Waals surface area contributed by atoms with E-state index in [1.165, 1.54) is 6.20 Å². The highest BCUT2D eigenvalue weighted by Crippen LogP contribution is 2.17. The molecule has 2 N–H and O–H groups in total. The van der Waals surface area contributed by atoms with Crippen molar-refractivity contribution in [2.75, 3.05) is 0 Å². The molecule has 0 bridgehead atoms. The van der Waals surface area contributed by atoms with Crippen molar-refractivity contribution in [3.8, 4) is 0 Å². The van der Waals surface area contributed by atoms with Crippen LogP contribution in [0.3, 0.4) is 0 Å². The van der Waals surface area contributed by atoms with Crippen LogP contribution in [-0.4, -0.2) is 22.2 Å². The summed E-state index contributed by atoms with van der Waals surface area (Å²) in [5, 5.41) is 17.4. The second-order valence-electron chi connectivity index (χ2n) is 1.91. The quantitative estimate of drug-likeness (QED) is 0.574. The molecule has 3 nitrogen and oxygen atoms in total. The van der Waals surface area contributed by atoms with Gasteiger partial charge in [-0.3, -0.25) is 0 Å². The molecule has 0 unspecified atom stereocenters. The Balaban J connectivity index is 3.05. The monoisotopic (exact) mass is 279 g/mol. The van der Waals surface area contributed by atoms with Crippen LogP contribution < -0.4 is 5.46 Å². The molecule has 0 aliphatic carbocycles. The van der Waals surface area contributed by atoms with Gasteiger partial charge in [-0.15, -0.1) is 0 Å². The lowest BCUT2D eigenvalue weighted by Crippen LogP contribution is -2.30. The van der Waals surface area contributed by atoms with E-state index in [2.05, 4.69) is 36.8 Å². The summed E-state index contributed by atoms with van der Waals surface area (Å²) in [7, 11) is -1.47. The fourth-order valence-electron chi connectivity index (χ4n) is 0.577. The van der Waals surface area contributed by atoms with Gasteiger partial charge in [-0.2, -0.15) is 0 Å². The number of rotatable bonds is 1. The standard InChI is InChI=1S/C5H4BBr2NO2/c7-4-1-3(6(10)11)2-9-5(4)8/h1-2,10-11H. The van der Waals surface area contributed by atoms with Crippen LogP contribution in [-0.2, 0) is 0 Å². The third-order valence-electron chi connectivity index (χ3n) is 1.12. The Labute approximate surface area is 80.9 Å². The topological polar surface area (TPSA) is 53.4 Å². The fraction of sp³-hybridized carbons (Fsp3) is 0. The van der Waals surface area contributed by atoms with Crippen LogP contribution in [0.1, 0.15) is 0 Å². The first-order valence-corrected chi connectivity index (χ1v) is 4.37. The van der Waals surface area contributed by atoms with Gasteiger partial charge in [0.15, 0.2) is 0 Å².